The van der Waals surface area contributed by atoms with Gasteiger partial charge >= 0.3 is 6.16 Å². The third-order valence-corrected chi connectivity index (χ3v) is 4.78. The van der Waals surface area contributed by atoms with E-state index in [2.05, 4.69) is 51.1 Å². The van der Waals surface area contributed by atoms with Crippen LogP contribution in [0.2, 0.25) is 0 Å². The summed E-state index contributed by atoms with van der Waals surface area (Å²) in [4.78, 5) is 39.4. The average molecular weight is 369 g/mol. The van der Waals surface area contributed by atoms with E-state index in [0.717, 1.165) is 11.1 Å². The van der Waals surface area contributed by atoms with Gasteiger partial charge in [0.25, 0.3) is 11.8 Å². The number of hydroxylamine groups is 2. The maximum atomic E-state index is 11.8. The van der Waals surface area contributed by atoms with Gasteiger partial charge in [-0.15, -0.1) is 0 Å². The molecule has 0 radical (unpaired) electrons. The van der Waals surface area contributed by atoms with E-state index in [1.54, 1.807) is 0 Å². The number of fused-ring (bicyclic) bond motifs is 1. The molecule has 1 aliphatic heterocycles. The molecule has 0 spiro atoms. The quantitative estimate of drug-likeness (QED) is 0.589. The zero-order valence-electron chi connectivity index (χ0n) is 15.8. The molecule has 142 valence electrons. The standard InChI is InChI=1S/C21H23NO5/c1-13(2)16-6-5-15(17-7-4-14(3)18(17)12-16)10-11-26-21(25)27-22-19(23)8-9-20(22)24/h4-7,12-13H,8-11H2,1-3H3. The number of imide groups is 1. The second kappa shape index (κ2) is 7.78. The number of amides is 2. The number of nitrogens with zero attached hydrogens (tertiary/aromatic N) is 1. The van der Waals surface area contributed by atoms with Crippen LogP contribution < -0.4 is 0 Å². The zero-order chi connectivity index (χ0) is 19.6. The highest BCUT2D eigenvalue weighted by Crippen LogP contribution is 2.32. The van der Waals surface area contributed by atoms with Gasteiger partial charge in [-0.3, -0.25) is 14.4 Å². The van der Waals surface area contributed by atoms with Crippen molar-refractivity contribution in [2.75, 3.05) is 6.61 Å². The molecule has 27 heavy (non-hydrogen) atoms. The summed E-state index contributed by atoms with van der Waals surface area (Å²) < 4.78 is 5.06. The van der Waals surface area contributed by atoms with Crippen LogP contribution >= 0.6 is 0 Å². The van der Waals surface area contributed by atoms with Crippen LogP contribution in [0.25, 0.3) is 11.1 Å². The van der Waals surface area contributed by atoms with E-state index in [0.29, 0.717) is 17.4 Å². The van der Waals surface area contributed by atoms with Gasteiger partial charge in [0.1, 0.15) is 0 Å². The lowest BCUT2D eigenvalue weighted by Crippen LogP contribution is -2.32. The molecule has 0 bridgehead atoms. The Balaban J connectivity index is 1.66. The molecule has 2 amide bonds. The molecule has 1 heterocycles. The predicted octanol–water partition coefficient (Wildman–Crippen LogP) is 3.98. The molecule has 0 unspecified atom stereocenters. The number of carbonyl (C=O) groups excluding carboxylic acids is 3. The minimum atomic E-state index is -1.04. The van der Waals surface area contributed by atoms with Crippen molar-refractivity contribution < 1.29 is 24.0 Å². The number of carbonyl (C=O) groups is 3. The molecule has 2 aliphatic carbocycles. The first kappa shape index (κ1) is 18.9. The molecule has 3 rings (SSSR count). The highest BCUT2D eigenvalue weighted by molar-refractivity contribution is 6.01. The van der Waals surface area contributed by atoms with Crippen molar-refractivity contribution in [1.82, 2.24) is 5.06 Å². The third-order valence-electron chi connectivity index (χ3n) is 4.78. The van der Waals surface area contributed by atoms with Gasteiger partial charge in [-0.05, 0) is 40.7 Å². The van der Waals surface area contributed by atoms with Gasteiger partial charge in [-0.25, -0.2) is 4.79 Å². The molecule has 6 heteroatoms. The Morgan fingerprint density at radius 1 is 1.07 bits per heavy atom. The van der Waals surface area contributed by atoms with E-state index >= 15 is 0 Å². The molecule has 1 saturated heterocycles. The van der Waals surface area contributed by atoms with Crippen LogP contribution in [-0.4, -0.2) is 29.6 Å². The van der Waals surface area contributed by atoms with Gasteiger partial charge in [-0.2, -0.15) is 0 Å². The average Bonchev–Trinajstić information content (AvgIpc) is 3.06. The molecule has 0 atom stereocenters. The summed E-state index contributed by atoms with van der Waals surface area (Å²) in [5.74, 6) is -0.644. The van der Waals surface area contributed by atoms with E-state index in [9.17, 15) is 14.4 Å². The van der Waals surface area contributed by atoms with Crippen molar-refractivity contribution in [2.24, 2.45) is 0 Å². The van der Waals surface area contributed by atoms with Crippen LogP contribution in [0.5, 0.6) is 0 Å². The van der Waals surface area contributed by atoms with Gasteiger partial charge < -0.3 is 4.74 Å². The van der Waals surface area contributed by atoms with Crippen molar-refractivity contribution in [3.63, 3.8) is 0 Å². The van der Waals surface area contributed by atoms with E-state index in [-0.39, 0.29) is 19.4 Å². The van der Waals surface area contributed by atoms with Crippen molar-refractivity contribution in [3.05, 3.63) is 47.0 Å². The maximum absolute atomic E-state index is 11.8. The van der Waals surface area contributed by atoms with Crippen molar-refractivity contribution in [1.29, 1.82) is 0 Å². The van der Waals surface area contributed by atoms with Crippen molar-refractivity contribution in [2.45, 2.75) is 46.0 Å². The molecular formula is C21H23NO5. The lowest BCUT2D eigenvalue weighted by atomic mass is 10.0. The summed E-state index contributed by atoms with van der Waals surface area (Å²) in [7, 11) is 0. The highest BCUT2D eigenvalue weighted by Gasteiger charge is 2.33. The fraction of sp³-hybridized carbons (Fsp3) is 0.381. The van der Waals surface area contributed by atoms with E-state index in [4.69, 9.17) is 9.57 Å². The first-order valence-electron chi connectivity index (χ1n) is 9.09. The van der Waals surface area contributed by atoms with E-state index < -0.39 is 18.0 Å². The van der Waals surface area contributed by atoms with Gasteiger partial charge in [0.15, 0.2) is 0 Å². The first-order chi connectivity index (χ1) is 12.9. The van der Waals surface area contributed by atoms with Crippen LogP contribution in [0.1, 0.15) is 49.3 Å². The summed E-state index contributed by atoms with van der Waals surface area (Å²) in [6, 6.07) is 10.5. The highest BCUT2D eigenvalue weighted by atomic mass is 16.8. The molecule has 0 aromatic rings. The molecule has 3 aliphatic rings. The van der Waals surface area contributed by atoms with Crippen molar-refractivity contribution in [3.8, 4) is 11.1 Å². The Kier molecular flexibility index (Phi) is 5.44. The second-order valence-electron chi connectivity index (χ2n) is 7.02. The Morgan fingerprint density at radius 3 is 2.44 bits per heavy atom. The maximum Gasteiger partial charge on any atom is 0.533 e. The second-order valence-corrected chi connectivity index (χ2v) is 7.02. The van der Waals surface area contributed by atoms with Gasteiger partial charge in [-0.1, -0.05) is 49.2 Å². The van der Waals surface area contributed by atoms with Crippen molar-refractivity contribution >= 4 is 18.0 Å². The fourth-order valence-corrected chi connectivity index (χ4v) is 3.15. The summed E-state index contributed by atoms with van der Waals surface area (Å²) in [6.45, 7) is 6.47. The topological polar surface area (TPSA) is 72.9 Å². The molecule has 0 N–H and O–H groups in total. The summed E-state index contributed by atoms with van der Waals surface area (Å²) >= 11 is 0. The molecular weight excluding hydrogens is 346 g/mol. The Bertz CT molecular complexity index is 842. The minimum Gasteiger partial charge on any atom is -0.432 e. The monoisotopic (exact) mass is 369 g/mol. The molecule has 1 fully saturated rings. The largest absolute Gasteiger partial charge is 0.533 e. The number of ether oxygens (including phenoxy) is 1. The fourth-order valence-electron chi connectivity index (χ4n) is 3.15. The number of hydrogen-bond donors (Lipinski definition) is 0. The van der Waals surface area contributed by atoms with E-state index in [1.165, 1.54) is 16.7 Å². The smallest absolute Gasteiger partial charge is 0.432 e. The Labute approximate surface area is 158 Å². The van der Waals surface area contributed by atoms with Crippen LogP contribution in [0.15, 0.2) is 30.3 Å². The van der Waals surface area contributed by atoms with Gasteiger partial charge in [0, 0.05) is 19.3 Å². The van der Waals surface area contributed by atoms with Crippen LogP contribution in [0.3, 0.4) is 0 Å². The van der Waals surface area contributed by atoms with Gasteiger partial charge in [0.2, 0.25) is 0 Å². The van der Waals surface area contributed by atoms with Crippen LogP contribution in [0.4, 0.5) is 4.79 Å². The molecule has 6 nitrogen and oxygen atoms in total. The summed E-state index contributed by atoms with van der Waals surface area (Å²) in [5.41, 5.74) is 5.82. The summed E-state index contributed by atoms with van der Waals surface area (Å²) in [5, 5.41) is 0.485. The Morgan fingerprint density at radius 2 is 1.78 bits per heavy atom. The lowest BCUT2D eigenvalue weighted by molar-refractivity contribution is -0.177. The number of aryl methyl sites for hydroxylation is 1. The van der Waals surface area contributed by atoms with Gasteiger partial charge in [0.05, 0.1) is 6.61 Å². The minimum absolute atomic E-state index is 0.0547. The Hall–Kier alpha value is -2.89. The normalized spacial score (nSPS) is 14.3. The first-order valence-corrected chi connectivity index (χ1v) is 9.09. The third kappa shape index (κ3) is 4.10. The predicted molar refractivity (Wildman–Crippen MR) is 99.1 cm³/mol. The zero-order valence-corrected chi connectivity index (χ0v) is 15.8. The number of rotatable bonds is 5. The van der Waals surface area contributed by atoms with E-state index in [1.807, 2.05) is 0 Å². The molecule has 0 aromatic carbocycles. The van der Waals surface area contributed by atoms with Crippen LogP contribution in [-0.2, 0) is 25.6 Å². The molecule has 0 saturated carbocycles. The number of hydrogen-bond acceptors (Lipinski definition) is 5. The SMILES string of the molecule is Cc1ccc2c(CCOC(=O)ON3C(=O)CCC3=O)ccc(C(C)C)cc1-2. The van der Waals surface area contributed by atoms with Crippen LogP contribution in [0, 0.1) is 6.92 Å². The lowest BCUT2D eigenvalue weighted by Gasteiger charge is -2.12. The summed E-state index contributed by atoms with van der Waals surface area (Å²) in [6.07, 6.45) is -0.432. The molecule has 0 aromatic heterocycles.